The number of alkyl carbamates (subject to hydrolysis) is 2. The minimum atomic E-state index is -1.76. The van der Waals surface area contributed by atoms with Crippen LogP contribution in [0.5, 0.6) is 0 Å². The molecule has 0 bridgehead atoms. The highest BCUT2D eigenvalue weighted by molar-refractivity contribution is 6.68. The van der Waals surface area contributed by atoms with Gasteiger partial charge in [-0.1, -0.05) is 81.8 Å². The lowest BCUT2D eigenvalue weighted by Gasteiger charge is -2.23. The molecule has 0 aromatic heterocycles. The van der Waals surface area contributed by atoms with Crippen molar-refractivity contribution in [2.24, 2.45) is 0 Å². The molecule has 0 aromatic rings. The van der Waals surface area contributed by atoms with E-state index in [0.29, 0.717) is 0 Å². The fourth-order valence-electron chi connectivity index (χ4n) is 2.37. The van der Waals surface area contributed by atoms with E-state index >= 15 is 0 Å². The predicted octanol–water partition coefficient (Wildman–Crippen LogP) is 6.70. The third-order valence-corrected chi connectivity index (χ3v) is 4.49. The third kappa shape index (κ3) is 28.9. The van der Waals surface area contributed by atoms with Crippen LogP contribution in [0.2, 0.25) is 0 Å². The number of alkyl halides is 6. The predicted molar refractivity (Wildman–Crippen MR) is 168 cm³/mol. The molecule has 0 spiro atoms. The van der Waals surface area contributed by atoms with Crippen LogP contribution in [0.25, 0.3) is 0 Å². The second-order valence-electron chi connectivity index (χ2n) is 10.6. The smallest absolute Gasteiger partial charge is 0.408 e. The summed E-state index contributed by atoms with van der Waals surface area (Å²) >= 11 is 32.9. The molecule has 0 saturated carbocycles. The van der Waals surface area contributed by atoms with E-state index in [-0.39, 0.29) is 18.6 Å². The molecule has 0 heterocycles. The third-order valence-electron chi connectivity index (χ3n) is 3.83. The van der Waals surface area contributed by atoms with Gasteiger partial charge in [0, 0.05) is 0 Å². The van der Waals surface area contributed by atoms with Gasteiger partial charge in [-0.05, 0) is 67.4 Å². The first-order chi connectivity index (χ1) is 19.2. The number of rotatable bonds is 11. The molecular weight excluding hydrogens is 697 g/mol. The molecule has 0 aromatic carbocycles. The summed E-state index contributed by atoms with van der Waals surface area (Å²) in [4.78, 5) is 58.0. The Morgan fingerprint density at radius 2 is 1.05 bits per heavy atom. The Bertz CT molecular complexity index is 982. The Balaban J connectivity index is 0. The lowest BCUT2D eigenvalue weighted by atomic mass is 10.2. The summed E-state index contributed by atoms with van der Waals surface area (Å²) in [6.07, 6.45) is 2.81. The van der Waals surface area contributed by atoms with Crippen LogP contribution < -0.4 is 10.6 Å². The molecule has 11 nitrogen and oxygen atoms in total. The normalized spacial score (nSPS) is 13.4. The fraction of sp³-hybridized carbons (Fsp3) is 0.654. The first-order valence-corrected chi connectivity index (χ1v) is 14.7. The van der Waals surface area contributed by atoms with Crippen LogP contribution in [0, 0.1) is 0 Å². The summed E-state index contributed by atoms with van der Waals surface area (Å²) in [7, 11) is 0. The van der Waals surface area contributed by atoms with Crippen molar-refractivity contribution in [3.8, 4) is 0 Å². The molecule has 2 atom stereocenters. The number of amides is 2. The summed E-state index contributed by atoms with van der Waals surface area (Å²) in [5, 5.41) is 4.73. The summed E-state index contributed by atoms with van der Waals surface area (Å²) in [6, 6.07) is -2.03. The minimum Gasteiger partial charge on any atom is -0.460 e. The van der Waals surface area contributed by atoms with Crippen LogP contribution in [0.4, 0.5) is 9.59 Å². The molecule has 0 unspecified atom stereocenters. The lowest BCUT2D eigenvalue weighted by Crippen LogP contribution is -2.44. The largest absolute Gasteiger partial charge is 0.460 e. The quantitative estimate of drug-likeness (QED) is 0.0779. The van der Waals surface area contributed by atoms with Crippen molar-refractivity contribution < 1.29 is 42.9 Å². The molecule has 2 N–H and O–H groups in total. The average molecular weight is 735 g/mol. The lowest BCUT2D eigenvalue weighted by molar-refractivity contribution is -0.146. The van der Waals surface area contributed by atoms with E-state index in [0.717, 1.165) is 0 Å². The molecule has 0 rings (SSSR count). The molecule has 2 amide bonds. The standard InChI is InChI=1S/C14H20Cl3NO5.C12H18Cl3NO4/c1-9(19)6-5-7-10(11(20)22-8-14(15,16)17)18-12(21)23-13(2,3)4;1-5-6-8(9(17)19-7-12(13,14)15)16-10(18)20-11(2,3)4/h5-6,10H,7-8H2,1-4H3,(H,18,21);5,8H,1,6-7H2,2-4H3,(H,16,18)/b6-5+;/t10-;8-/m11/s1. The van der Waals surface area contributed by atoms with Crippen molar-refractivity contribution in [2.75, 3.05) is 13.2 Å². The Labute approximate surface area is 282 Å². The molecule has 248 valence electrons. The van der Waals surface area contributed by atoms with Gasteiger partial charge in [-0.15, -0.1) is 6.58 Å². The molecular formula is C26H38Cl6N2O9. The van der Waals surface area contributed by atoms with Gasteiger partial charge < -0.3 is 29.6 Å². The number of hydrogen-bond donors (Lipinski definition) is 2. The number of allylic oxidation sites excluding steroid dienone is 1. The molecule has 0 aliphatic heterocycles. The first-order valence-electron chi connectivity index (χ1n) is 12.5. The van der Waals surface area contributed by atoms with Crippen molar-refractivity contribution in [1.82, 2.24) is 10.6 Å². The highest BCUT2D eigenvalue weighted by atomic mass is 35.6. The number of ketones is 1. The van der Waals surface area contributed by atoms with Gasteiger partial charge in [0.15, 0.2) is 5.78 Å². The summed E-state index contributed by atoms with van der Waals surface area (Å²) in [5.74, 6) is -1.74. The zero-order valence-corrected chi connectivity index (χ0v) is 29.4. The minimum absolute atomic E-state index is 0.0253. The topological polar surface area (TPSA) is 146 Å². The highest BCUT2D eigenvalue weighted by Gasteiger charge is 2.29. The molecule has 17 heteroatoms. The van der Waals surface area contributed by atoms with Gasteiger partial charge in [0.25, 0.3) is 0 Å². The number of carbonyl (C=O) groups is 5. The van der Waals surface area contributed by atoms with Gasteiger partial charge in [-0.3, -0.25) is 4.79 Å². The van der Waals surface area contributed by atoms with Crippen LogP contribution in [-0.2, 0) is 33.3 Å². The van der Waals surface area contributed by atoms with E-state index in [4.69, 9.17) is 88.6 Å². The fourth-order valence-corrected chi connectivity index (χ4v) is 2.70. The summed E-state index contributed by atoms with van der Waals surface area (Å²) in [5.41, 5.74) is -1.41. The van der Waals surface area contributed by atoms with Gasteiger partial charge in [0.1, 0.15) is 36.5 Å². The maximum atomic E-state index is 12.0. The number of nitrogens with one attached hydrogen (secondary N) is 2. The zero-order chi connectivity index (χ0) is 34.2. The van der Waals surface area contributed by atoms with Crippen molar-refractivity contribution >= 4 is 99.5 Å². The molecule has 0 aliphatic carbocycles. The van der Waals surface area contributed by atoms with Gasteiger partial charge in [-0.2, -0.15) is 0 Å². The first kappa shape index (κ1) is 43.5. The Morgan fingerprint density at radius 3 is 1.33 bits per heavy atom. The highest BCUT2D eigenvalue weighted by Crippen LogP contribution is 2.27. The maximum Gasteiger partial charge on any atom is 0.408 e. The van der Waals surface area contributed by atoms with E-state index in [2.05, 4.69) is 17.2 Å². The molecule has 0 saturated heterocycles. The van der Waals surface area contributed by atoms with Crippen LogP contribution in [0.3, 0.4) is 0 Å². The monoisotopic (exact) mass is 732 g/mol. The van der Waals surface area contributed by atoms with Gasteiger partial charge in [-0.25, -0.2) is 19.2 Å². The van der Waals surface area contributed by atoms with Gasteiger partial charge in [0.05, 0.1) is 0 Å². The number of hydrogen-bond acceptors (Lipinski definition) is 9. The molecule has 0 fully saturated rings. The summed E-state index contributed by atoms with van der Waals surface area (Å²) < 4.78 is 16.3. The van der Waals surface area contributed by atoms with Gasteiger partial charge in [0.2, 0.25) is 7.59 Å². The number of ether oxygens (including phenoxy) is 4. The Hall–Kier alpha value is -1.63. The van der Waals surface area contributed by atoms with E-state index in [1.165, 1.54) is 25.2 Å². The van der Waals surface area contributed by atoms with Crippen molar-refractivity contribution in [1.29, 1.82) is 0 Å². The van der Waals surface area contributed by atoms with Crippen molar-refractivity contribution in [3.05, 3.63) is 24.8 Å². The van der Waals surface area contributed by atoms with E-state index in [1.807, 2.05) is 0 Å². The number of esters is 2. The Morgan fingerprint density at radius 1 is 0.698 bits per heavy atom. The average Bonchev–Trinajstić information content (AvgIpc) is 2.77. The molecule has 43 heavy (non-hydrogen) atoms. The Kier molecular flexibility index (Phi) is 19.9. The van der Waals surface area contributed by atoms with Crippen molar-refractivity contribution in [2.45, 2.75) is 92.2 Å². The second kappa shape index (κ2) is 19.7. The number of halogens is 6. The molecule has 0 radical (unpaired) electrons. The molecule has 0 aliphatic rings. The summed E-state index contributed by atoms with van der Waals surface area (Å²) in [6.45, 7) is 14.1. The van der Waals surface area contributed by atoms with E-state index in [9.17, 15) is 24.0 Å². The van der Waals surface area contributed by atoms with Crippen molar-refractivity contribution in [3.63, 3.8) is 0 Å². The van der Waals surface area contributed by atoms with Crippen LogP contribution >= 0.6 is 69.6 Å². The number of carbonyl (C=O) groups excluding carboxylic acids is 5. The maximum absolute atomic E-state index is 12.0. The van der Waals surface area contributed by atoms with E-state index in [1.54, 1.807) is 41.5 Å². The van der Waals surface area contributed by atoms with Crippen LogP contribution in [-0.4, -0.2) is 74.0 Å². The SMILES string of the molecule is C=CC[C@@H](NC(=O)OC(C)(C)C)C(=O)OCC(Cl)(Cl)Cl.CC(=O)/C=C/C[C@@H](NC(=O)OC(C)(C)C)C(=O)OCC(Cl)(Cl)Cl. The second-order valence-corrected chi connectivity index (χ2v) is 15.6. The van der Waals surface area contributed by atoms with Gasteiger partial charge >= 0.3 is 24.1 Å². The van der Waals surface area contributed by atoms with Crippen LogP contribution in [0.1, 0.15) is 61.3 Å². The van der Waals surface area contributed by atoms with Crippen LogP contribution in [0.15, 0.2) is 24.8 Å². The zero-order valence-electron chi connectivity index (χ0n) is 24.9. The van der Waals surface area contributed by atoms with E-state index < -0.39 is 68.2 Å².